The van der Waals surface area contributed by atoms with Gasteiger partial charge in [0.1, 0.15) is 4.21 Å². The van der Waals surface area contributed by atoms with Crippen molar-refractivity contribution in [1.29, 1.82) is 0 Å². The Balaban J connectivity index is 2.22. The molecule has 1 fully saturated rings. The fourth-order valence-corrected chi connectivity index (χ4v) is 4.98. The molecule has 0 saturated carbocycles. The SMILES string of the molecule is CC1CCN(S(=O)(=O)c2ccc(Cl)s2)CC1N. The molecular formula is C10H15ClN2O2S2. The summed E-state index contributed by atoms with van der Waals surface area (Å²) in [4.78, 5) is 0. The fourth-order valence-electron chi connectivity index (χ4n) is 1.85. The minimum Gasteiger partial charge on any atom is -0.326 e. The van der Waals surface area contributed by atoms with E-state index in [-0.39, 0.29) is 6.04 Å². The van der Waals surface area contributed by atoms with Crippen molar-refractivity contribution < 1.29 is 8.42 Å². The Labute approximate surface area is 110 Å². The van der Waals surface area contributed by atoms with Crippen molar-refractivity contribution in [2.45, 2.75) is 23.6 Å². The molecule has 2 N–H and O–H groups in total. The molecule has 0 spiro atoms. The van der Waals surface area contributed by atoms with Crippen LogP contribution in [0.4, 0.5) is 0 Å². The minimum absolute atomic E-state index is 0.0889. The third-order valence-corrected chi connectivity index (χ3v) is 6.69. The lowest BCUT2D eigenvalue weighted by Gasteiger charge is -2.33. The van der Waals surface area contributed by atoms with Crippen LogP contribution in [-0.2, 0) is 10.0 Å². The first-order valence-electron chi connectivity index (χ1n) is 5.42. The summed E-state index contributed by atoms with van der Waals surface area (Å²) in [5.74, 6) is 0.369. The van der Waals surface area contributed by atoms with Gasteiger partial charge in [-0.05, 0) is 24.5 Å². The quantitative estimate of drug-likeness (QED) is 0.904. The summed E-state index contributed by atoms with van der Waals surface area (Å²) in [5.41, 5.74) is 5.92. The van der Waals surface area contributed by atoms with E-state index in [1.807, 2.05) is 0 Å². The van der Waals surface area contributed by atoms with E-state index in [0.29, 0.717) is 27.6 Å². The Kier molecular flexibility index (Phi) is 3.80. The van der Waals surface area contributed by atoms with Gasteiger partial charge in [0, 0.05) is 19.1 Å². The van der Waals surface area contributed by atoms with Crippen molar-refractivity contribution in [3.8, 4) is 0 Å². The maximum atomic E-state index is 12.3. The van der Waals surface area contributed by atoms with Crippen LogP contribution in [0.25, 0.3) is 0 Å². The second kappa shape index (κ2) is 4.85. The van der Waals surface area contributed by atoms with Crippen molar-refractivity contribution in [2.75, 3.05) is 13.1 Å². The Hall–Kier alpha value is -0.140. The zero-order valence-electron chi connectivity index (χ0n) is 9.47. The van der Waals surface area contributed by atoms with Gasteiger partial charge in [0.15, 0.2) is 0 Å². The average Bonchev–Trinajstić information content (AvgIpc) is 2.69. The van der Waals surface area contributed by atoms with Gasteiger partial charge in [-0.2, -0.15) is 4.31 Å². The highest BCUT2D eigenvalue weighted by molar-refractivity contribution is 7.91. The zero-order valence-corrected chi connectivity index (χ0v) is 11.9. The molecule has 4 nitrogen and oxygen atoms in total. The summed E-state index contributed by atoms with van der Waals surface area (Å²) >= 11 is 6.85. The molecule has 96 valence electrons. The van der Waals surface area contributed by atoms with Gasteiger partial charge < -0.3 is 5.73 Å². The van der Waals surface area contributed by atoms with Gasteiger partial charge in [0.2, 0.25) is 0 Å². The predicted molar refractivity (Wildman–Crippen MR) is 69.8 cm³/mol. The summed E-state index contributed by atoms with van der Waals surface area (Å²) in [7, 11) is -3.41. The van der Waals surface area contributed by atoms with Crippen LogP contribution in [-0.4, -0.2) is 31.9 Å². The number of nitrogens with two attached hydrogens (primary N) is 1. The highest BCUT2D eigenvalue weighted by Gasteiger charge is 2.32. The highest BCUT2D eigenvalue weighted by atomic mass is 35.5. The van der Waals surface area contributed by atoms with Gasteiger partial charge in [0.05, 0.1) is 4.34 Å². The molecule has 2 rings (SSSR count). The van der Waals surface area contributed by atoms with Crippen LogP contribution in [0.2, 0.25) is 4.34 Å². The van der Waals surface area contributed by atoms with Crippen LogP contribution >= 0.6 is 22.9 Å². The number of halogens is 1. The summed E-state index contributed by atoms with van der Waals surface area (Å²) in [5, 5.41) is 0. The van der Waals surface area contributed by atoms with Crippen LogP contribution in [0.1, 0.15) is 13.3 Å². The Bertz CT molecular complexity index is 500. The number of nitrogens with zero attached hydrogens (tertiary/aromatic N) is 1. The smallest absolute Gasteiger partial charge is 0.252 e. The molecule has 2 atom stereocenters. The maximum absolute atomic E-state index is 12.3. The van der Waals surface area contributed by atoms with E-state index in [1.165, 1.54) is 4.31 Å². The molecule has 0 bridgehead atoms. The molecule has 1 aliphatic heterocycles. The van der Waals surface area contributed by atoms with Crippen molar-refractivity contribution in [3.05, 3.63) is 16.5 Å². The standard InChI is InChI=1S/C10H15ClN2O2S2/c1-7-4-5-13(6-8(7)12)17(14,15)10-3-2-9(11)16-10/h2-3,7-8H,4-6,12H2,1H3. The molecule has 0 aliphatic carbocycles. The number of hydrogen-bond acceptors (Lipinski definition) is 4. The Morgan fingerprint density at radius 3 is 2.76 bits per heavy atom. The Morgan fingerprint density at radius 2 is 2.24 bits per heavy atom. The van der Waals surface area contributed by atoms with Crippen LogP contribution in [0, 0.1) is 5.92 Å². The van der Waals surface area contributed by atoms with E-state index in [0.717, 1.165) is 17.8 Å². The normalized spacial score (nSPS) is 27.2. The molecule has 0 aromatic carbocycles. The van der Waals surface area contributed by atoms with Crippen LogP contribution in [0.15, 0.2) is 16.3 Å². The molecule has 1 aromatic rings. The first-order chi connectivity index (χ1) is 7.91. The molecule has 2 unspecified atom stereocenters. The van der Waals surface area contributed by atoms with Crippen molar-refractivity contribution in [3.63, 3.8) is 0 Å². The summed E-state index contributed by atoms with van der Waals surface area (Å²) < 4.78 is 26.8. The summed E-state index contributed by atoms with van der Waals surface area (Å²) in [6, 6.07) is 3.06. The molecule has 17 heavy (non-hydrogen) atoms. The summed E-state index contributed by atoms with van der Waals surface area (Å²) in [6.07, 6.45) is 0.805. The largest absolute Gasteiger partial charge is 0.326 e. The fraction of sp³-hybridized carbons (Fsp3) is 0.600. The topological polar surface area (TPSA) is 63.4 Å². The molecule has 0 amide bonds. The van der Waals surface area contributed by atoms with E-state index in [1.54, 1.807) is 12.1 Å². The molecule has 1 aliphatic rings. The number of hydrogen-bond donors (Lipinski definition) is 1. The molecule has 1 aromatic heterocycles. The number of thiophene rings is 1. The van der Waals surface area contributed by atoms with E-state index in [9.17, 15) is 8.42 Å². The lowest BCUT2D eigenvalue weighted by Crippen LogP contribution is -2.49. The van der Waals surface area contributed by atoms with Crippen LogP contribution in [0.3, 0.4) is 0 Å². The van der Waals surface area contributed by atoms with Gasteiger partial charge >= 0.3 is 0 Å². The third-order valence-electron chi connectivity index (χ3n) is 3.12. The van der Waals surface area contributed by atoms with Crippen molar-refractivity contribution in [1.82, 2.24) is 4.31 Å². The molecule has 7 heteroatoms. The Morgan fingerprint density at radius 1 is 1.53 bits per heavy atom. The molecule has 0 radical (unpaired) electrons. The third kappa shape index (κ3) is 2.66. The average molecular weight is 295 g/mol. The number of rotatable bonds is 2. The maximum Gasteiger partial charge on any atom is 0.252 e. The second-order valence-corrected chi connectivity index (χ2v) is 8.23. The van der Waals surface area contributed by atoms with Crippen LogP contribution in [0.5, 0.6) is 0 Å². The monoisotopic (exact) mass is 294 g/mol. The van der Waals surface area contributed by atoms with E-state index < -0.39 is 10.0 Å². The zero-order chi connectivity index (χ0) is 12.6. The second-order valence-electron chi connectivity index (χ2n) is 4.35. The summed E-state index contributed by atoms with van der Waals surface area (Å²) in [6.45, 7) is 2.97. The van der Waals surface area contributed by atoms with E-state index in [2.05, 4.69) is 6.92 Å². The van der Waals surface area contributed by atoms with Gasteiger partial charge in [-0.3, -0.25) is 0 Å². The van der Waals surface area contributed by atoms with Crippen LogP contribution < -0.4 is 5.73 Å². The molecule has 1 saturated heterocycles. The number of piperidine rings is 1. The number of sulfonamides is 1. The lowest BCUT2D eigenvalue weighted by molar-refractivity contribution is 0.253. The van der Waals surface area contributed by atoms with Gasteiger partial charge in [-0.15, -0.1) is 11.3 Å². The van der Waals surface area contributed by atoms with Gasteiger partial charge in [0.25, 0.3) is 10.0 Å². The first kappa shape index (κ1) is 13.3. The predicted octanol–water partition coefficient (Wildman–Crippen LogP) is 1.76. The highest BCUT2D eigenvalue weighted by Crippen LogP contribution is 2.30. The molecule has 2 heterocycles. The lowest BCUT2D eigenvalue weighted by atomic mass is 9.96. The van der Waals surface area contributed by atoms with Gasteiger partial charge in [-0.1, -0.05) is 18.5 Å². The van der Waals surface area contributed by atoms with Crippen molar-refractivity contribution >= 4 is 33.0 Å². The first-order valence-corrected chi connectivity index (χ1v) is 8.06. The van der Waals surface area contributed by atoms with Gasteiger partial charge in [-0.25, -0.2) is 8.42 Å². The van der Waals surface area contributed by atoms with E-state index >= 15 is 0 Å². The van der Waals surface area contributed by atoms with Crippen molar-refractivity contribution in [2.24, 2.45) is 11.7 Å². The van der Waals surface area contributed by atoms with E-state index in [4.69, 9.17) is 17.3 Å². The minimum atomic E-state index is -3.41. The molecular weight excluding hydrogens is 280 g/mol.